The number of phenolic OH excluding ortho intramolecular Hbond substituents is 1. The van der Waals surface area contributed by atoms with E-state index in [1.54, 1.807) is 43.0 Å². The second kappa shape index (κ2) is 12.4. The van der Waals surface area contributed by atoms with Crippen LogP contribution in [-0.2, 0) is 34.7 Å². The monoisotopic (exact) mass is 721 g/mol. The summed E-state index contributed by atoms with van der Waals surface area (Å²) in [5, 5.41) is 18.7. The van der Waals surface area contributed by atoms with Crippen LogP contribution in [0.5, 0.6) is 5.75 Å². The summed E-state index contributed by atoms with van der Waals surface area (Å²) in [5.41, 5.74) is 5.57. The number of phenols is 1. The fourth-order valence-electron chi connectivity index (χ4n) is 6.05. The number of H-pyrrole nitrogens is 1. The van der Waals surface area contributed by atoms with Crippen LogP contribution in [0.1, 0.15) is 22.9 Å². The first kappa shape index (κ1) is 32.4. The van der Waals surface area contributed by atoms with Gasteiger partial charge in [0, 0.05) is 41.3 Å². The van der Waals surface area contributed by atoms with Crippen LogP contribution >= 0.6 is 22.9 Å². The molecule has 11 nitrogen and oxygen atoms in total. The number of aromatic hydroxyl groups is 1. The molecule has 0 saturated heterocycles. The van der Waals surface area contributed by atoms with E-state index in [2.05, 4.69) is 25.1 Å². The Morgan fingerprint density at radius 1 is 1.10 bits per heavy atom. The highest BCUT2D eigenvalue weighted by Crippen LogP contribution is 2.41. The molecule has 0 aliphatic carbocycles. The molecule has 0 bridgehead atoms. The molecular weight excluding hydrogens is 696 g/mol. The molecule has 250 valence electrons. The van der Waals surface area contributed by atoms with Crippen molar-refractivity contribution in [2.45, 2.75) is 18.9 Å². The molecule has 1 atom stereocenters. The zero-order valence-electron chi connectivity index (χ0n) is 25.8. The minimum absolute atomic E-state index is 0.0325. The molecule has 4 N–H and O–H groups in total. The SMILES string of the molecule is Cn1nc(NS(C)(=O)=O)c2c(Cl)ccc(-c3cc4scnc4nc3C(Cc3cc(F)cc(F)c3)NC(=O)Cc3c[nH]c4ccc(O)cc34)c21. The Balaban J connectivity index is 1.39. The number of benzene rings is 3. The van der Waals surface area contributed by atoms with Crippen molar-refractivity contribution in [3.8, 4) is 16.9 Å². The lowest BCUT2D eigenvalue weighted by Gasteiger charge is -2.22. The van der Waals surface area contributed by atoms with Gasteiger partial charge < -0.3 is 15.4 Å². The molecular formula is C33H26ClF2N7O4S2. The fourth-order valence-corrected chi connectivity index (χ4v) is 7.44. The number of carbonyl (C=O) groups excluding carboxylic acids is 1. The molecule has 0 spiro atoms. The topological polar surface area (TPSA) is 155 Å². The van der Waals surface area contributed by atoms with Gasteiger partial charge in [0.05, 0.1) is 50.5 Å². The number of carbonyl (C=O) groups is 1. The Bertz CT molecular complexity index is 2530. The molecule has 7 aromatic rings. The molecule has 0 aliphatic heterocycles. The van der Waals surface area contributed by atoms with Gasteiger partial charge in [0.25, 0.3) is 0 Å². The average Bonchev–Trinajstić information content (AvgIpc) is 3.72. The lowest BCUT2D eigenvalue weighted by Crippen LogP contribution is -2.32. The van der Waals surface area contributed by atoms with Gasteiger partial charge in [0.1, 0.15) is 17.4 Å². The van der Waals surface area contributed by atoms with E-state index in [4.69, 9.17) is 16.6 Å². The number of amides is 1. The molecule has 3 aromatic carbocycles. The summed E-state index contributed by atoms with van der Waals surface area (Å²) in [5.74, 6) is -1.89. The molecule has 1 unspecified atom stereocenters. The van der Waals surface area contributed by atoms with Gasteiger partial charge >= 0.3 is 0 Å². The van der Waals surface area contributed by atoms with Gasteiger partial charge in [-0.15, -0.1) is 11.3 Å². The summed E-state index contributed by atoms with van der Waals surface area (Å²) >= 11 is 7.96. The van der Waals surface area contributed by atoms with E-state index in [0.717, 1.165) is 22.5 Å². The van der Waals surface area contributed by atoms with Crippen molar-refractivity contribution in [1.29, 1.82) is 0 Å². The van der Waals surface area contributed by atoms with Gasteiger partial charge in [-0.2, -0.15) is 5.10 Å². The Hall–Kier alpha value is -5.12. The van der Waals surface area contributed by atoms with Gasteiger partial charge in [-0.25, -0.2) is 27.2 Å². The minimum Gasteiger partial charge on any atom is -0.508 e. The maximum atomic E-state index is 14.4. The highest BCUT2D eigenvalue weighted by Gasteiger charge is 2.27. The van der Waals surface area contributed by atoms with Crippen molar-refractivity contribution in [2.75, 3.05) is 11.0 Å². The summed E-state index contributed by atoms with van der Waals surface area (Å²) in [6.07, 6.45) is 2.56. The quantitative estimate of drug-likeness (QED) is 0.135. The molecule has 16 heteroatoms. The van der Waals surface area contributed by atoms with E-state index < -0.39 is 33.6 Å². The number of nitrogens with one attached hydrogen (secondary N) is 3. The van der Waals surface area contributed by atoms with Crippen LogP contribution in [0, 0.1) is 11.6 Å². The van der Waals surface area contributed by atoms with E-state index in [0.29, 0.717) is 44.3 Å². The molecule has 49 heavy (non-hydrogen) atoms. The second-order valence-corrected chi connectivity index (χ2v) is 14.6. The summed E-state index contributed by atoms with van der Waals surface area (Å²) in [4.78, 5) is 26.1. The van der Waals surface area contributed by atoms with E-state index in [-0.39, 0.29) is 35.0 Å². The third-order valence-corrected chi connectivity index (χ3v) is 9.64. The number of aromatic amines is 1. The molecule has 7 rings (SSSR count). The zero-order chi connectivity index (χ0) is 34.6. The largest absolute Gasteiger partial charge is 0.508 e. The minimum atomic E-state index is -3.71. The first-order valence-electron chi connectivity index (χ1n) is 14.7. The highest BCUT2D eigenvalue weighted by atomic mass is 35.5. The van der Waals surface area contributed by atoms with E-state index >= 15 is 0 Å². The van der Waals surface area contributed by atoms with Crippen molar-refractivity contribution in [3.63, 3.8) is 0 Å². The van der Waals surface area contributed by atoms with Crippen LogP contribution in [0.25, 0.3) is 43.3 Å². The first-order valence-corrected chi connectivity index (χ1v) is 17.9. The second-order valence-electron chi connectivity index (χ2n) is 11.6. The standard InChI is InChI=1S/C33H26ClF2N7O4S2/c1-43-31-21(4-5-24(34)29(31)33(41-43)42-49(2,46)47)23-13-27-32(38-15-48-27)40-30(23)26(9-16-7-18(35)11-19(36)8-16)39-28(45)10-17-14-37-25-6-3-20(44)12-22(17)25/h3-8,11-15,26,37,44H,9-10H2,1-2H3,(H,39,45)(H,41,42). The van der Waals surface area contributed by atoms with Gasteiger partial charge in [0.15, 0.2) is 11.5 Å². The van der Waals surface area contributed by atoms with Crippen molar-refractivity contribution in [3.05, 3.63) is 99.8 Å². The number of anilines is 1. The molecule has 4 aromatic heterocycles. The van der Waals surface area contributed by atoms with E-state index in [1.807, 2.05) is 6.07 Å². The zero-order valence-corrected chi connectivity index (χ0v) is 28.1. The summed E-state index contributed by atoms with van der Waals surface area (Å²) < 4.78 is 57.8. The Kier molecular flexibility index (Phi) is 8.21. The lowest BCUT2D eigenvalue weighted by atomic mass is 9.94. The van der Waals surface area contributed by atoms with Crippen LogP contribution in [0.2, 0.25) is 5.02 Å². The number of fused-ring (bicyclic) bond motifs is 3. The Labute approximate surface area is 286 Å². The number of nitrogens with zero attached hydrogens (tertiary/aromatic N) is 4. The third kappa shape index (κ3) is 6.51. The summed E-state index contributed by atoms with van der Waals surface area (Å²) in [6, 6.07) is 12.2. The summed E-state index contributed by atoms with van der Waals surface area (Å²) in [7, 11) is -2.07. The van der Waals surface area contributed by atoms with Crippen molar-refractivity contribution in [2.24, 2.45) is 7.05 Å². The number of aryl methyl sites for hydroxylation is 1. The lowest BCUT2D eigenvalue weighted by molar-refractivity contribution is -0.121. The number of rotatable bonds is 9. The number of thiazole rings is 1. The smallest absolute Gasteiger partial charge is 0.231 e. The molecule has 4 heterocycles. The van der Waals surface area contributed by atoms with Gasteiger partial charge in [-0.1, -0.05) is 17.7 Å². The van der Waals surface area contributed by atoms with E-state index in [1.165, 1.54) is 34.2 Å². The van der Waals surface area contributed by atoms with Crippen LogP contribution in [0.15, 0.2) is 66.3 Å². The van der Waals surface area contributed by atoms with Gasteiger partial charge in [-0.05, 0) is 60.0 Å². The van der Waals surface area contributed by atoms with Gasteiger partial charge in [0.2, 0.25) is 15.9 Å². The Morgan fingerprint density at radius 2 is 1.88 bits per heavy atom. The number of pyridine rings is 1. The molecule has 1 amide bonds. The predicted molar refractivity (Wildman–Crippen MR) is 185 cm³/mol. The number of hydrogen-bond acceptors (Lipinski definition) is 8. The number of sulfonamides is 1. The highest BCUT2D eigenvalue weighted by molar-refractivity contribution is 7.92. The predicted octanol–water partition coefficient (Wildman–Crippen LogP) is 6.38. The van der Waals surface area contributed by atoms with Crippen LogP contribution in [0.4, 0.5) is 14.6 Å². The number of aromatic nitrogens is 5. The van der Waals surface area contributed by atoms with Crippen molar-refractivity contribution >= 4 is 76.8 Å². The Morgan fingerprint density at radius 3 is 2.63 bits per heavy atom. The summed E-state index contributed by atoms with van der Waals surface area (Å²) in [6.45, 7) is 0. The van der Waals surface area contributed by atoms with Crippen LogP contribution < -0.4 is 10.0 Å². The van der Waals surface area contributed by atoms with Crippen molar-refractivity contribution < 1.29 is 27.1 Å². The molecule has 0 saturated carbocycles. The van der Waals surface area contributed by atoms with Crippen LogP contribution in [-0.4, -0.2) is 50.4 Å². The van der Waals surface area contributed by atoms with E-state index in [9.17, 15) is 27.1 Å². The maximum Gasteiger partial charge on any atom is 0.231 e. The number of hydrogen-bond donors (Lipinski definition) is 4. The fraction of sp³-hybridized carbons (Fsp3) is 0.152. The molecule has 0 radical (unpaired) electrons. The first-order chi connectivity index (χ1) is 23.3. The third-order valence-electron chi connectivity index (χ3n) is 7.99. The molecule has 0 aliphatic rings. The average molecular weight is 722 g/mol. The van der Waals surface area contributed by atoms with Crippen molar-refractivity contribution in [1.82, 2.24) is 30.0 Å². The molecule has 0 fully saturated rings. The van der Waals surface area contributed by atoms with Crippen LogP contribution in [0.3, 0.4) is 0 Å². The maximum absolute atomic E-state index is 14.4. The number of halogens is 3. The van der Waals surface area contributed by atoms with Gasteiger partial charge in [-0.3, -0.25) is 14.2 Å². The normalized spacial score (nSPS) is 12.6.